The lowest BCUT2D eigenvalue weighted by Gasteiger charge is -2.36. The number of hydrogen-bond donors (Lipinski definition) is 4. The summed E-state index contributed by atoms with van der Waals surface area (Å²) in [5, 5.41) is 13.2. The first kappa shape index (κ1) is 14.7. The second-order valence-corrected chi connectivity index (χ2v) is 5.03. The van der Waals surface area contributed by atoms with Crippen LogP contribution in [0.15, 0.2) is 0 Å². The quantitative estimate of drug-likeness (QED) is 0.418. The van der Waals surface area contributed by atoms with Crippen molar-refractivity contribution < 1.29 is 5.11 Å². The summed E-state index contributed by atoms with van der Waals surface area (Å²) in [5.41, 5.74) is 1.82. The van der Waals surface area contributed by atoms with E-state index in [1.807, 2.05) is 18.7 Å². The van der Waals surface area contributed by atoms with Crippen molar-refractivity contribution in [3.63, 3.8) is 0 Å². The third-order valence-corrected chi connectivity index (χ3v) is 3.66. The molecule has 8 heteroatoms. The van der Waals surface area contributed by atoms with Crippen molar-refractivity contribution in [1.29, 1.82) is 0 Å². The minimum Gasteiger partial charge on any atom is -0.388 e. The minimum absolute atomic E-state index is 0.310. The van der Waals surface area contributed by atoms with E-state index in [1.54, 1.807) is 0 Å². The van der Waals surface area contributed by atoms with Crippen LogP contribution in [-0.4, -0.2) is 45.3 Å². The first-order valence-corrected chi connectivity index (χ1v) is 7.04. The third kappa shape index (κ3) is 3.26. The van der Waals surface area contributed by atoms with Crippen LogP contribution in [0.4, 0.5) is 17.8 Å². The van der Waals surface area contributed by atoms with E-state index < -0.39 is 5.60 Å². The molecule has 0 aromatic carbocycles. The Morgan fingerprint density at radius 2 is 1.85 bits per heavy atom. The van der Waals surface area contributed by atoms with Gasteiger partial charge in [-0.25, -0.2) is 5.84 Å². The van der Waals surface area contributed by atoms with Gasteiger partial charge in [-0.3, -0.25) is 5.43 Å². The van der Waals surface area contributed by atoms with Gasteiger partial charge in [0, 0.05) is 19.6 Å². The van der Waals surface area contributed by atoms with E-state index in [-0.39, 0.29) is 0 Å². The Morgan fingerprint density at radius 3 is 2.35 bits per heavy atom. The van der Waals surface area contributed by atoms with Crippen molar-refractivity contribution in [3.8, 4) is 0 Å². The molecule has 0 saturated heterocycles. The molecule has 1 heterocycles. The summed E-state index contributed by atoms with van der Waals surface area (Å²) in [6, 6.07) is 0. The van der Waals surface area contributed by atoms with E-state index in [9.17, 15) is 5.11 Å². The summed E-state index contributed by atoms with van der Waals surface area (Å²) in [6.07, 6.45) is 2.70. The Morgan fingerprint density at radius 1 is 1.20 bits per heavy atom. The van der Waals surface area contributed by atoms with Gasteiger partial charge in [-0.2, -0.15) is 15.0 Å². The highest BCUT2D eigenvalue weighted by molar-refractivity contribution is 5.43. The molecule has 0 amide bonds. The maximum Gasteiger partial charge on any atom is 0.243 e. The van der Waals surface area contributed by atoms with Crippen molar-refractivity contribution in [3.05, 3.63) is 0 Å². The number of nitrogens with zero attached hydrogens (tertiary/aromatic N) is 4. The van der Waals surface area contributed by atoms with Gasteiger partial charge in [-0.15, -0.1) is 0 Å². The average molecular weight is 281 g/mol. The molecule has 0 spiro atoms. The Labute approximate surface area is 118 Å². The SMILES string of the molecule is CCN(CC)c1nc(NN)nc(NCC2(O)CCC2)n1. The first-order valence-electron chi connectivity index (χ1n) is 7.04. The molecule has 1 fully saturated rings. The van der Waals surface area contributed by atoms with Crippen molar-refractivity contribution >= 4 is 17.8 Å². The van der Waals surface area contributed by atoms with Crippen LogP contribution in [0.2, 0.25) is 0 Å². The van der Waals surface area contributed by atoms with Crippen LogP contribution < -0.4 is 21.5 Å². The Hall–Kier alpha value is -1.67. The molecule has 2 rings (SSSR count). The lowest BCUT2D eigenvalue weighted by atomic mass is 9.80. The maximum atomic E-state index is 10.1. The first-order chi connectivity index (χ1) is 9.60. The molecule has 0 bridgehead atoms. The number of aliphatic hydroxyl groups is 1. The van der Waals surface area contributed by atoms with Gasteiger partial charge in [-0.1, -0.05) is 0 Å². The molecule has 1 saturated carbocycles. The van der Waals surface area contributed by atoms with Crippen molar-refractivity contribution in [2.75, 3.05) is 35.3 Å². The molecule has 1 aromatic rings. The minimum atomic E-state index is -0.627. The smallest absolute Gasteiger partial charge is 0.243 e. The molecule has 0 unspecified atom stereocenters. The number of nitrogen functional groups attached to an aromatic ring is 1. The number of nitrogens with one attached hydrogen (secondary N) is 2. The molecule has 0 aliphatic heterocycles. The zero-order chi connectivity index (χ0) is 14.6. The van der Waals surface area contributed by atoms with Gasteiger partial charge in [0.15, 0.2) is 0 Å². The number of anilines is 3. The van der Waals surface area contributed by atoms with Crippen molar-refractivity contribution in [2.24, 2.45) is 5.84 Å². The highest BCUT2D eigenvalue weighted by Crippen LogP contribution is 2.31. The summed E-state index contributed by atoms with van der Waals surface area (Å²) < 4.78 is 0. The second kappa shape index (κ2) is 6.19. The molecule has 0 radical (unpaired) electrons. The molecule has 1 aliphatic rings. The van der Waals surface area contributed by atoms with Crippen LogP contribution in [0.3, 0.4) is 0 Å². The standard InChI is InChI=1S/C12H23N7O/c1-3-19(4-2)11-16-9(15-10(17-11)18-13)14-8-12(20)6-5-7-12/h20H,3-8,13H2,1-2H3,(H2,14,15,16,17,18). The summed E-state index contributed by atoms with van der Waals surface area (Å²) in [7, 11) is 0. The predicted molar refractivity (Wildman–Crippen MR) is 78.5 cm³/mol. The Balaban J connectivity index is 2.12. The van der Waals surface area contributed by atoms with Gasteiger partial charge in [0.25, 0.3) is 0 Å². The number of aromatic nitrogens is 3. The molecular formula is C12H23N7O. The fraction of sp³-hybridized carbons (Fsp3) is 0.750. The Bertz CT molecular complexity index is 445. The molecular weight excluding hydrogens is 258 g/mol. The normalized spacial score (nSPS) is 16.4. The van der Waals surface area contributed by atoms with Gasteiger partial charge < -0.3 is 15.3 Å². The van der Waals surface area contributed by atoms with Crippen LogP contribution in [0, 0.1) is 0 Å². The van der Waals surface area contributed by atoms with E-state index in [2.05, 4.69) is 25.7 Å². The molecule has 20 heavy (non-hydrogen) atoms. The van der Waals surface area contributed by atoms with E-state index in [0.29, 0.717) is 24.4 Å². The number of hydrazine groups is 1. The second-order valence-electron chi connectivity index (χ2n) is 5.03. The lowest BCUT2D eigenvalue weighted by molar-refractivity contribution is -0.0203. The Kier molecular flexibility index (Phi) is 4.56. The predicted octanol–water partition coefficient (Wildman–Crippen LogP) is 0.330. The number of nitrogens with two attached hydrogens (primary N) is 1. The van der Waals surface area contributed by atoms with Crippen LogP contribution >= 0.6 is 0 Å². The van der Waals surface area contributed by atoms with Crippen LogP contribution in [0.5, 0.6) is 0 Å². The monoisotopic (exact) mass is 281 g/mol. The van der Waals surface area contributed by atoms with Gasteiger partial charge in [0.2, 0.25) is 17.8 Å². The lowest BCUT2D eigenvalue weighted by Crippen LogP contribution is -2.43. The average Bonchev–Trinajstić information content (AvgIpc) is 2.44. The highest BCUT2D eigenvalue weighted by atomic mass is 16.3. The summed E-state index contributed by atoms with van der Waals surface area (Å²) >= 11 is 0. The largest absolute Gasteiger partial charge is 0.388 e. The summed E-state index contributed by atoms with van der Waals surface area (Å²) in [6.45, 7) is 6.11. The third-order valence-electron chi connectivity index (χ3n) is 3.66. The maximum absolute atomic E-state index is 10.1. The summed E-state index contributed by atoms with van der Waals surface area (Å²) in [5.74, 6) is 6.70. The molecule has 112 valence electrons. The van der Waals surface area contributed by atoms with Crippen LogP contribution in [0.1, 0.15) is 33.1 Å². The van der Waals surface area contributed by atoms with Crippen LogP contribution in [-0.2, 0) is 0 Å². The van der Waals surface area contributed by atoms with E-state index in [4.69, 9.17) is 5.84 Å². The highest BCUT2D eigenvalue weighted by Gasteiger charge is 2.34. The van der Waals surface area contributed by atoms with E-state index >= 15 is 0 Å². The van der Waals surface area contributed by atoms with Gasteiger partial charge in [-0.05, 0) is 33.1 Å². The fourth-order valence-electron chi connectivity index (χ4n) is 2.16. The topological polar surface area (TPSA) is 112 Å². The zero-order valence-corrected chi connectivity index (χ0v) is 12.1. The molecule has 1 aromatic heterocycles. The number of hydrogen-bond acceptors (Lipinski definition) is 8. The van der Waals surface area contributed by atoms with Gasteiger partial charge >= 0.3 is 0 Å². The van der Waals surface area contributed by atoms with E-state index in [0.717, 1.165) is 32.4 Å². The van der Waals surface area contributed by atoms with Crippen molar-refractivity contribution in [2.45, 2.75) is 38.7 Å². The zero-order valence-electron chi connectivity index (χ0n) is 12.1. The number of rotatable bonds is 7. The van der Waals surface area contributed by atoms with Crippen molar-refractivity contribution in [1.82, 2.24) is 15.0 Å². The van der Waals surface area contributed by atoms with Gasteiger partial charge in [0.1, 0.15) is 0 Å². The van der Waals surface area contributed by atoms with Gasteiger partial charge in [0.05, 0.1) is 5.60 Å². The van der Waals surface area contributed by atoms with Crippen LogP contribution in [0.25, 0.3) is 0 Å². The van der Waals surface area contributed by atoms with E-state index in [1.165, 1.54) is 0 Å². The fourth-order valence-corrected chi connectivity index (χ4v) is 2.16. The molecule has 5 N–H and O–H groups in total. The molecule has 0 atom stereocenters. The molecule has 8 nitrogen and oxygen atoms in total. The molecule has 1 aliphatic carbocycles. The summed E-state index contributed by atoms with van der Waals surface area (Å²) in [4.78, 5) is 14.8.